The molecule has 1 aliphatic heterocycles. The number of hydrogen-bond acceptors (Lipinski definition) is 3. The van der Waals surface area contributed by atoms with Crippen molar-refractivity contribution in [1.82, 2.24) is 8.61 Å². The maximum Gasteiger partial charge on any atom is 0.318 e. The predicted octanol–water partition coefficient (Wildman–Crippen LogP) is 0.226. The standard InChI is InChI=1S/C10H20N2O4S/c1-8-4-9(2)6-12(5-8)17(15,16)11(3)7-10(13)14/h8-9H,4-7H2,1-3H3,(H,13,14). The number of hydrogen-bond donors (Lipinski definition) is 1. The average Bonchev–Trinajstić information content (AvgIpc) is 2.14. The van der Waals surface area contributed by atoms with Gasteiger partial charge in [0.25, 0.3) is 10.2 Å². The highest BCUT2D eigenvalue weighted by Gasteiger charge is 2.33. The van der Waals surface area contributed by atoms with Gasteiger partial charge in [0, 0.05) is 20.1 Å². The van der Waals surface area contributed by atoms with E-state index >= 15 is 0 Å². The topological polar surface area (TPSA) is 77.9 Å². The summed E-state index contributed by atoms with van der Waals surface area (Å²) in [5.74, 6) is -0.521. The van der Waals surface area contributed by atoms with E-state index in [9.17, 15) is 13.2 Å². The Morgan fingerprint density at radius 2 is 1.82 bits per heavy atom. The molecule has 0 aliphatic carbocycles. The van der Waals surface area contributed by atoms with Crippen LogP contribution in [0.25, 0.3) is 0 Å². The van der Waals surface area contributed by atoms with Gasteiger partial charge in [-0.05, 0) is 18.3 Å². The fourth-order valence-corrected chi connectivity index (χ4v) is 3.82. The summed E-state index contributed by atoms with van der Waals surface area (Å²) in [6, 6.07) is 0. The number of carboxylic acid groups (broad SMARTS) is 1. The Bertz CT molecular complexity index is 372. The van der Waals surface area contributed by atoms with Crippen molar-refractivity contribution in [3.8, 4) is 0 Å². The lowest BCUT2D eigenvalue weighted by Crippen LogP contribution is -2.49. The van der Waals surface area contributed by atoms with Crippen molar-refractivity contribution in [3.05, 3.63) is 0 Å². The van der Waals surface area contributed by atoms with Gasteiger partial charge in [-0.25, -0.2) is 0 Å². The SMILES string of the molecule is CC1CC(C)CN(S(=O)(=O)N(C)CC(=O)O)C1. The van der Waals surface area contributed by atoms with Crippen LogP contribution in [0.1, 0.15) is 20.3 Å². The van der Waals surface area contributed by atoms with E-state index in [-0.39, 0.29) is 0 Å². The normalized spacial score (nSPS) is 27.3. The van der Waals surface area contributed by atoms with E-state index in [2.05, 4.69) is 0 Å². The molecule has 2 atom stereocenters. The van der Waals surface area contributed by atoms with Crippen molar-refractivity contribution in [1.29, 1.82) is 0 Å². The highest BCUT2D eigenvalue weighted by Crippen LogP contribution is 2.24. The Morgan fingerprint density at radius 3 is 2.24 bits per heavy atom. The number of carbonyl (C=O) groups is 1. The first-order valence-corrected chi connectivity index (χ1v) is 7.06. The smallest absolute Gasteiger partial charge is 0.318 e. The molecule has 1 rings (SSSR count). The lowest BCUT2D eigenvalue weighted by molar-refractivity contribution is -0.137. The predicted molar refractivity (Wildman–Crippen MR) is 63.7 cm³/mol. The molecule has 2 unspecified atom stereocenters. The van der Waals surface area contributed by atoms with Crippen LogP contribution >= 0.6 is 0 Å². The van der Waals surface area contributed by atoms with E-state index in [0.717, 1.165) is 10.7 Å². The molecule has 0 radical (unpaired) electrons. The molecule has 7 heteroatoms. The number of nitrogens with zero attached hydrogens (tertiary/aromatic N) is 2. The highest BCUT2D eigenvalue weighted by atomic mass is 32.2. The monoisotopic (exact) mass is 264 g/mol. The van der Waals surface area contributed by atoms with Crippen molar-refractivity contribution >= 4 is 16.2 Å². The molecular formula is C10H20N2O4S. The fraction of sp³-hybridized carbons (Fsp3) is 0.900. The van der Waals surface area contributed by atoms with Crippen LogP contribution in [0.4, 0.5) is 0 Å². The maximum atomic E-state index is 12.1. The number of likely N-dealkylation sites (N-methyl/N-ethyl adjacent to an activating group) is 1. The molecule has 0 aromatic rings. The molecule has 1 fully saturated rings. The summed E-state index contributed by atoms with van der Waals surface area (Å²) >= 11 is 0. The summed E-state index contributed by atoms with van der Waals surface area (Å²) in [5, 5.41) is 8.62. The van der Waals surface area contributed by atoms with Gasteiger partial charge in [-0.1, -0.05) is 13.8 Å². The fourth-order valence-electron chi connectivity index (χ4n) is 2.26. The van der Waals surface area contributed by atoms with Crippen LogP contribution in [0.3, 0.4) is 0 Å². The molecule has 0 bridgehead atoms. The molecule has 1 aliphatic rings. The molecule has 17 heavy (non-hydrogen) atoms. The second-order valence-corrected chi connectivity index (χ2v) is 6.96. The minimum absolute atomic E-state index is 0.312. The van der Waals surface area contributed by atoms with Gasteiger partial charge in [-0.3, -0.25) is 4.79 Å². The van der Waals surface area contributed by atoms with E-state index in [1.807, 2.05) is 13.8 Å². The lowest BCUT2D eigenvalue weighted by atomic mass is 9.94. The Morgan fingerprint density at radius 1 is 1.35 bits per heavy atom. The van der Waals surface area contributed by atoms with Crippen molar-refractivity contribution in [2.45, 2.75) is 20.3 Å². The van der Waals surface area contributed by atoms with Crippen molar-refractivity contribution in [3.63, 3.8) is 0 Å². The van der Waals surface area contributed by atoms with Crippen LogP contribution in [-0.2, 0) is 15.0 Å². The molecule has 6 nitrogen and oxygen atoms in total. The zero-order valence-corrected chi connectivity index (χ0v) is 11.3. The molecule has 100 valence electrons. The van der Waals surface area contributed by atoms with Crippen LogP contribution in [0.5, 0.6) is 0 Å². The minimum atomic E-state index is -3.64. The first-order chi connectivity index (χ1) is 7.73. The van der Waals surface area contributed by atoms with Gasteiger partial charge in [-0.2, -0.15) is 17.0 Å². The van der Waals surface area contributed by atoms with E-state index in [4.69, 9.17) is 5.11 Å². The zero-order chi connectivity index (χ0) is 13.2. The van der Waals surface area contributed by atoms with Crippen LogP contribution in [0.2, 0.25) is 0 Å². The molecule has 1 heterocycles. The Kier molecular flexibility index (Phi) is 4.51. The molecular weight excluding hydrogens is 244 g/mol. The first-order valence-electron chi connectivity index (χ1n) is 5.66. The van der Waals surface area contributed by atoms with Crippen LogP contribution < -0.4 is 0 Å². The second-order valence-electron chi connectivity index (χ2n) is 4.92. The summed E-state index contributed by atoms with van der Waals surface area (Å²) in [6.07, 6.45) is 1.01. The van der Waals surface area contributed by atoms with Crippen molar-refractivity contribution in [2.75, 3.05) is 26.7 Å². The molecule has 1 N–H and O–H groups in total. The summed E-state index contributed by atoms with van der Waals surface area (Å²) in [7, 11) is -2.34. The van der Waals surface area contributed by atoms with Gasteiger partial charge in [-0.15, -0.1) is 0 Å². The highest BCUT2D eigenvalue weighted by molar-refractivity contribution is 7.86. The Hall–Kier alpha value is -0.660. The van der Waals surface area contributed by atoms with Crippen molar-refractivity contribution in [2.24, 2.45) is 11.8 Å². The van der Waals surface area contributed by atoms with E-state index in [1.165, 1.54) is 11.4 Å². The van der Waals surface area contributed by atoms with Crippen LogP contribution in [0.15, 0.2) is 0 Å². The number of carboxylic acids is 1. The third-order valence-corrected chi connectivity index (χ3v) is 4.78. The van der Waals surface area contributed by atoms with Crippen LogP contribution in [0, 0.1) is 11.8 Å². The van der Waals surface area contributed by atoms with Crippen molar-refractivity contribution < 1.29 is 18.3 Å². The first kappa shape index (κ1) is 14.4. The molecule has 0 aromatic heterocycles. The van der Waals surface area contributed by atoms with E-state index in [0.29, 0.717) is 24.9 Å². The second kappa shape index (κ2) is 5.32. The number of aliphatic carboxylic acids is 1. The number of rotatable bonds is 4. The molecule has 1 saturated heterocycles. The maximum absolute atomic E-state index is 12.1. The summed E-state index contributed by atoms with van der Waals surface area (Å²) in [5.41, 5.74) is 0. The largest absolute Gasteiger partial charge is 0.480 e. The Labute approximate surface area is 102 Å². The average molecular weight is 264 g/mol. The van der Waals surface area contributed by atoms with Gasteiger partial charge in [0.2, 0.25) is 0 Å². The van der Waals surface area contributed by atoms with Gasteiger partial charge < -0.3 is 5.11 Å². The minimum Gasteiger partial charge on any atom is -0.480 e. The van der Waals surface area contributed by atoms with Gasteiger partial charge >= 0.3 is 5.97 Å². The quantitative estimate of drug-likeness (QED) is 0.788. The lowest BCUT2D eigenvalue weighted by Gasteiger charge is -2.35. The zero-order valence-electron chi connectivity index (χ0n) is 10.5. The number of piperidine rings is 1. The molecule has 0 amide bonds. The third-order valence-electron chi connectivity index (χ3n) is 2.91. The van der Waals surface area contributed by atoms with Crippen LogP contribution in [-0.4, -0.2) is 54.8 Å². The summed E-state index contributed by atoms with van der Waals surface area (Å²) in [4.78, 5) is 10.5. The molecule has 0 saturated carbocycles. The van der Waals surface area contributed by atoms with Gasteiger partial charge in [0.15, 0.2) is 0 Å². The van der Waals surface area contributed by atoms with Gasteiger partial charge in [0.1, 0.15) is 6.54 Å². The van der Waals surface area contributed by atoms with E-state index < -0.39 is 22.7 Å². The van der Waals surface area contributed by atoms with Gasteiger partial charge in [0.05, 0.1) is 0 Å². The third kappa shape index (κ3) is 3.65. The molecule has 0 aromatic carbocycles. The molecule has 0 spiro atoms. The Balaban J connectivity index is 2.79. The summed E-state index contributed by atoms with van der Waals surface area (Å²) < 4.78 is 26.5. The summed E-state index contributed by atoms with van der Waals surface area (Å²) in [6.45, 7) is 4.46. The van der Waals surface area contributed by atoms with E-state index in [1.54, 1.807) is 0 Å².